The second-order valence-corrected chi connectivity index (χ2v) is 11.4. The van der Waals surface area contributed by atoms with Crippen molar-refractivity contribution in [1.29, 1.82) is 0 Å². The molecule has 1 aliphatic carbocycles. The Balaban J connectivity index is 1.56. The Morgan fingerprint density at radius 1 is 1.08 bits per heavy atom. The first-order chi connectivity index (χ1) is 17.7. The van der Waals surface area contributed by atoms with Gasteiger partial charge in [0.1, 0.15) is 5.41 Å². The summed E-state index contributed by atoms with van der Waals surface area (Å²) < 4.78 is 10.8. The van der Waals surface area contributed by atoms with E-state index in [1.165, 1.54) is 7.11 Å². The van der Waals surface area contributed by atoms with Gasteiger partial charge in [0.05, 0.1) is 26.9 Å². The third-order valence-electron chi connectivity index (χ3n) is 8.19. The number of methoxy groups -OCH3 is 1. The molecule has 2 amide bonds. The quantitative estimate of drug-likeness (QED) is 0.568. The minimum absolute atomic E-state index is 0.0609. The summed E-state index contributed by atoms with van der Waals surface area (Å²) in [6, 6.07) is 14.2. The van der Waals surface area contributed by atoms with E-state index < -0.39 is 11.3 Å². The maximum absolute atomic E-state index is 14.1. The number of rotatable bonds is 5. The molecule has 2 fully saturated rings. The van der Waals surface area contributed by atoms with Crippen molar-refractivity contribution in [3.8, 4) is 0 Å². The lowest BCUT2D eigenvalue weighted by atomic mass is 9.59. The number of nitrogens with zero attached hydrogens (tertiary/aromatic N) is 2. The molecule has 3 aliphatic rings. The van der Waals surface area contributed by atoms with Crippen LogP contribution in [0.3, 0.4) is 0 Å². The van der Waals surface area contributed by atoms with Gasteiger partial charge in [0, 0.05) is 31.1 Å². The van der Waals surface area contributed by atoms with Crippen LogP contribution in [0.4, 0.5) is 0 Å². The van der Waals surface area contributed by atoms with Gasteiger partial charge in [0.2, 0.25) is 11.8 Å². The summed E-state index contributed by atoms with van der Waals surface area (Å²) in [6.45, 7) is 6.69. The number of carbonyl (C=O) groups excluding carboxylic acids is 3. The number of hydrogen-bond donors (Lipinski definition) is 0. The van der Waals surface area contributed by atoms with Crippen LogP contribution in [0.1, 0.15) is 45.1 Å². The molecule has 2 saturated heterocycles. The monoisotopic (exact) mass is 504 g/mol. The maximum Gasteiger partial charge on any atom is 0.317 e. The van der Waals surface area contributed by atoms with Crippen LogP contribution in [0.25, 0.3) is 10.8 Å². The van der Waals surface area contributed by atoms with E-state index in [0.29, 0.717) is 39.3 Å². The molecular weight excluding hydrogens is 468 g/mol. The van der Waals surface area contributed by atoms with Crippen molar-refractivity contribution in [2.75, 3.05) is 33.4 Å². The van der Waals surface area contributed by atoms with Crippen LogP contribution in [0.5, 0.6) is 0 Å². The summed E-state index contributed by atoms with van der Waals surface area (Å²) in [7, 11) is 1.41. The van der Waals surface area contributed by atoms with Crippen LogP contribution in [-0.2, 0) is 30.4 Å². The van der Waals surface area contributed by atoms with Gasteiger partial charge in [-0.15, -0.1) is 0 Å². The predicted octanol–water partition coefficient (Wildman–Crippen LogP) is 4.30. The largest absolute Gasteiger partial charge is 0.468 e. The van der Waals surface area contributed by atoms with E-state index in [0.717, 1.165) is 28.5 Å². The van der Waals surface area contributed by atoms with Gasteiger partial charge in [-0.3, -0.25) is 14.4 Å². The molecule has 2 aliphatic heterocycles. The number of piperidine rings is 1. The lowest BCUT2D eigenvalue weighted by Crippen LogP contribution is -2.56. The Hall–Kier alpha value is -3.19. The van der Waals surface area contributed by atoms with Gasteiger partial charge in [-0.1, -0.05) is 62.4 Å². The molecule has 0 N–H and O–H groups in total. The normalized spacial score (nSPS) is 25.4. The fourth-order valence-electron chi connectivity index (χ4n) is 6.47. The van der Waals surface area contributed by atoms with Crippen molar-refractivity contribution in [3.63, 3.8) is 0 Å². The van der Waals surface area contributed by atoms with Crippen molar-refractivity contribution in [2.45, 2.75) is 46.1 Å². The fraction of sp³-hybridized carbons (Fsp3) is 0.500. The van der Waals surface area contributed by atoms with Crippen molar-refractivity contribution in [1.82, 2.24) is 9.80 Å². The summed E-state index contributed by atoms with van der Waals surface area (Å²) in [5.74, 6) is -1.09. The SMILES string of the molecule is COC(=O)[C@@]12C[C@@H](CC(=O)N3CCOCC3)C(=O)N(Cc3cccc4ccccc34)C1=CCC(C)(C)C2. The molecular formula is C30H36N2O5. The topological polar surface area (TPSA) is 76.1 Å². The summed E-state index contributed by atoms with van der Waals surface area (Å²) >= 11 is 0. The van der Waals surface area contributed by atoms with Crippen molar-refractivity contribution < 1.29 is 23.9 Å². The molecule has 37 heavy (non-hydrogen) atoms. The third kappa shape index (κ3) is 4.77. The first kappa shape index (κ1) is 25.5. The van der Waals surface area contributed by atoms with E-state index in [1.807, 2.05) is 24.3 Å². The average Bonchev–Trinajstić information content (AvgIpc) is 2.90. The standard InChI is InChI=1S/C30H36N2O5/c1-29(2)12-11-25-30(20-29,28(35)36-3)18-23(17-26(33)31-13-15-37-16-14-31)27(34)32(25)19-22-9-6-8-21-7-4-5-10-24(21)22/h4-11,23H,12-20H2,1-3H3/t23-,30-/m1/s1. The summed E-state index contributed by atoms with van der Waals surface area (Å²) in [6.07, 6.45) is 3.76. The van der Waals surface area contributed by atoms with E-state index in [-0.39, 0.29) is 36.0 Å². The number of morpholine rings is 1. The minimum Gasteiger partial charge on any atom is -0.468 e. The molecule has 2 aromatic carbocycles. The molecule has 2 aromatic rings. The third-order valence-corrected chi connectivity index (χ3v) is 8.19. The summed E-state index contributed by atoms with van der Waals surface area (Å²) in [5.41, 5.74) is 0.634. The highest BCUT2D eigenvalue weighted by Gasteiger charge is 2.57. The lowest BCUT2D eigenvalue weighted by molar-refractivity contribution is -0.163. The smallest absolute Gasteiger partial charge is 0.317 e. The van der Waals surface area contributed by atoms with Crippen LogP contribution in [0, 0.1) is 16.7 Å². The van der Waals surface area contributed by atoms with Gasteiger partial charge in [-0.2, -0.15) is 0 Å². The molecule has 2 heterocycles. The molecule has 5 rings (SSSR count). The second-order valence-electron chi connectivity index (χ2n) is 11.4. The molecule has 7 nitrogen and oxygen atoms in total. The number of allylic oxidation sites excluding steroid dienone is 1. The molecule has 0 spiro atoms. The number of carbonyl (C=O) groups is 3. The predicted molar refractivity (Wildman–Crippen MR) is 140 cm³/mol. The molecule has 196 valence electrons. The summed E-state index contributed by atoms with van der Waals surface area (Å²) in [4.78, 5) is 44.4. The summed E-state index contributed by atoms with van der Waals surface area (Å²) in [5, 5.41) is 2.17. The highest BCUT2D eigenvalue weighted by atomic mass is 16.5. The Labute approximate surface area is 218 Å². The Kier molecular flexibility index (Phi) is 6.84. The number of benzene rings is 2. The highest BCUT2D eigenvalue weighted by molar-refractivity contribution is 5.93. The Morgan fingerprint density at radius 2 is 1.81 bits per heavy atom. The van der Waals surface area contributed by atoms with Crippen LogP contribution >= 0.6 is 0 Å². The van der Waals surface area contributed by atoms with Crippen LogP contribution in [0.15, 0.2) is 54.2 Å². The molecule has 0 unspecified atom stereocenters. The molecule has 0 radical (unpaired) electrons. The van der Waals surface area contributed by atoms with Gasteiger partial charge in [-0.05, 0) is 41.0 Å². The number of likely N-dealkylation sites (tertiary alicyclic amines) is 1. The number of hydrogen-bond acceptors (Lipinski definition) is 5. The van der Waals surface area contributed by atoms with E-state index >= 15 is 0 Å². The lowest BCUT2D eigenvalue weighted by Gasteiger charge is -2.51. The van der Waals surface area contributed by atoms with E-state index in [1.54, 1.807) is 9.80 Å². The van der Waals surface area contributed by atoms with E-state index in [9.17, 15) is 14.4 Å². The minimum atomic E-state index is -0.967. The number of ether oxygens (including phenoxy) is 2. The van der Waals surface area contributed by atoms with E-state index in [2.05, 4.69) is 38.1 Å². The van der Waals surface area contributed by atoms with Gasteiger partial charge < -0.3 is 19.3 Å². The number of amides is 2. The first-order valence-corrected chi connectivity index (χ1v) is 13.2. The highest BCUT2D eigenvalue weighted by Crippen LogP contribution is 2.55. The van der Waals surface area contributed by atoms with Crippen molar-refractivity contribution >= 4 is 28.6 Å². The molecule has 0 bridgehead atoms. The van der Waals surface area contributed by atoms with Crippen LogP contribution in [0.2, 0.25) is 0 Å². The molecule has 2 atom stereocenters. The Morgan fingerprint density at radius 3 is 2.57 bits per heavy atom. The van der Waals surface area contributed by atoms with E-state index in [4.69, 9.17) is 9.47 Å². The maximum atomic E-state index is 14.1. The molecule has 7 heteroatoms. The van der Waals surface area contributed by atoms with Gasteiger partial charge >= 0.3 is 5.97 Å². The van der Waals surface area contributed by atoms with Gasteiger partial charge in [0.25, 0.3) is 0 Å². The fourth-order valence-corrected chi connectivity index (χ4v) is 6.47. The van der Waals surface area contributed by atoms with Crippen molar-refractivity contribution in [2.24, 2.45) is 16.7 Å². The zero-order valence-corrected chi connectivity index (χ0v) is 22.0. The Bertz CT molecular complexity index is 1240. The van der Waals surface area contributed by atoms with Gasteiger partial charge in [0.15, 0.2) is 0 Å². The molecule has 0 saturated carbocycles. The zero-order chi connectivity index (χ0) is 26.2. The number of fused-ring (bicyclic) bond motifs is 2. The first-order valence-electron chi connectivity index (χ1n) is 13.2. The van der Waals surface area contributed by atoms with Crippen LogP contribution in [-0.4, -0.2) is 61.0 Å². The van der Waals surface area contributed by atoms with Gasteiger partial charge in [-0.25, -0.2) is 0 Å². The molecule has 0 aromatic heterocycles. The zero-order valence-electron chi connectivity index (χ0n) is 22.0. The second kappa shape index (κ2) is 9.93. The number of esters is 1. The average molecular weight is 505 g/mol. The van der Waals surface area contributed by atoms with Crippen molar-refractivity contribution in [3.05, 3.63) is 59.8 Å². The van der Waals surface area contributed by atoms with Crippen LogP contribution < -0.4 is 0 Å².